The van der Waals surface area contributed by atoms with Gasteiger partial charge in [0, 0.05) is 5.56 Å². The number of ether oxygens (including phenoxy) is 1. The smallest absolute Gasteiger partial charge is 0.129 e. The van der Waals surface area contributed by atoms with Crippen molar-refractivity contribution in [1.29, 1.82) is 0 Å². The molecule has 0 aliphatic heterocycles. The molecule has 0 atom stereocenters. The van der Waals surface area contributed by atoms with Crippen LogP contribution in [0.15, 0.2) is 42.5 Å². The number of nitrogens with one attached hydrogen (secondary N) is 1. The average Bonchev–Trinajstić information content (AvgIpc) is 2.38. The van der Waals surface area contributed by atoms with E-state index in [4.69, 9.17) is 10.6 Å². The third-order valence-corrected chi connectivity index (χ3v) is 2.71. The zero-order valence-electron chi connectivity index (χ0n) is 10.1. The second-order valence-corrected chi connectivity index (χ2v) is 4.00. The van der Waals surface area contributed by atoms with Crippen molar-refractivity contribution in [3.63, 3.8) is 0 Å². The number of hydrazine groups is 1. The first-order valence-electron chi connectivity index (χ1n) is 5.64. The van der Waals surface area contributed by atoms with Crippen molar-refractivity contribution in [2.24, 2.45) is 5.84 Å². The quantitative estimate of drug-likeness (QED) is 0.644. The lowest BCUT2D eigenvalue weighted by molar-refractivity contribution is 0.299. The summed E-state index contributed by atoms with van der Waals surface area (Å²) < 4.78 is 18.9. The molecule has 0 bridgehead atoms. The predicted molar refractivity (Wildman–Crippen MR) is 69.7 cm³/mol. The van der Waals surface area contributed by atoms with Crippen LogP contribution >= 0.6 is 0 Å². The fourth-order valence-electron chi connectivity index (χ4n) is 1.66. The summed E-state index contributed by atoms with van der Waals surface area (Å²) in [5, 5.41) is 0. The van der Waals surface area contributed by atoms with Crippen LogP contribution in [0, 0.1) is 12.7 Å². The molecule has 2 aromatic carbocycles. The maximum Gasteiger partial charge on any atom is 0.129 e. The van der Waals surface area contributed by atoms with E-state index in [2.05, 4.69) is 5.43 Å². The zero-order valence-corrected chi connectivity index (χ0v) is 10.1. The Morgan fingerprint density at radius 3 is 2.67 bits per heavy atom. The van der Waals surface area contributed by atoms with Crippen LogP contribution in [0.25, 0.3) is 0 Å². The van der Waals surface area contributed by atoms with Crippen LogP contribution in [-0.4, -0.2) is 0 Å². The molecule has 3 N–H and O–H groups in total. The standard InChI is InChI=1S/C14H15FN2O/c1-10-8-12(6-7-14(10)17-16)18-9-11-4-2-3-5-13(11)15/h2-8,17H,9,16H2,1H3. The lowest BCUT2D eigenvalue weighted by atomic mass is 10.2. The van der Waals surface area contributed by atoms with E-state index in [0.717, 1.165) is 11.3 Å². The maximum atomic E-state index is 13.4. The number of hydrogen-bond donors (Lipinski definition) is 2. The van der Waals surface area contributed by atoms with Crippen LogP contribution in [-0.2, 0) is 6.61 Å². The molecule has 0 amide bonds. The number of nitrogen functional groups attached to an aromatic ring is 1. The van der Waals surface area contributed by atoms with Crippen LogP contribution in [0.1, 0.15) is 11.1 Å². The number of nitrogens with two attached hydrogens (primary N) is 1. The Morgan fingerprint density at radius 2 is 2.00 bits per heavy atom. The van der Waals surface area contributed by atoms with Crippen LogP contribution < -0.4 is 16.0 Å². The Bertz CT molecular complexity index is 543. The summed E-state index contributed by atoms with van der Waals surface area (Å²) in [6.07, 6.45) is 0. The first kappa shape index (κ1) is 12.4. The predicted octanol–water partition coefficient (Wildman–Crippen LogP) is 3.00. The van der Waals surface area contributed by atoms with E-state index in [1.807, 2.05) is 19.1 Å². The molecular weight excluding hydrogens is 231 g/mol. The molecule has 0 saturated heterocycles. The van der Waals surface area contributed by atoms with Gasteiger partial charge in [0.1, 0.15) is 18.2 Å². The van der Waals surface area contributed by atoms with Crippen LogP contribution in [0.5, 0.6) is 5.75 Å². The Morgan fingerprint density at radius 1 is 1.22 bits per heavy atom. The van der Waals surface area contributed by atoms with E-state index in [9.17, 15) is 4.39 Å². The minimum atomic E-state index is -0.255. The third kappa shape index (κ3) is 2.78. The van der Waals surface area contributed by atoms with Gasteiger partial charge in [0.15, 0.2) is 0 Å². The largest absolute Gasteiger partial charge is 0.489 e. The van der Waals surface area contributed by atoms with Crippen molar-refractivity contribution in [3.8, 4) is 5.75 Å². The van der Waals surface area contributed by atoms with Gasteiger partial charge in [-0.15, -0.1) is 0 Å². The lowest BCUT2D eigenvalue weighted by Crippen LogP contribution is -2.08. The fraction of sp³-hybridized carbons (Fsp3) is 0.143. The SMILES string of the molecule is Cc1cc(OCc2ccccc2F)ccc1NN. The second kappa shape index (κ2) is 5.51. The summed E-state index contributed by atoms with van der Waals surface area (Å²) in [4.78, 5) is 0. The van der Waals surface area contributed by atoms with Crippen LogP contribution in [0.3, 0.4) is 0 Å². The van der Waals surface area contributed by atoms with Crippen molar-refractivity contribution in [1.82, 2.24) is 0 Å². The number of hydrogen-bond acceptors (Lipinski definition) is 3. The summed E-state index contributed by atoms with van der Waals surface area (Å²) in [5.74, 6) is 5.78. The molecule has 0 spiro atoms. The average molecular weight is 246 g/mol. The molecule has 94 valence electrons. The first-order valence-corrected chi connectivity index (χ1v) is 5.64. The van der Waals surface area contributed by atoms with E-state index < -0.39 is 0 Å². The highest BCUT2D eigenvalue weighted by molar-refractivity contribution is 5.52. The molecule has 3 nitrogen and oxygen atoms in total. The van der Waals surface area contributed by atoms with Crippen LogP contribution in [0.4, 0.5) is 10.1 Å². The molecule has 0 heterocycles. The monoisotopic (exact) mass is 246 g/mol. The first-order chi connectivity index (χ1) is 8.70. The normalized spacial score (nSPS) is 10.2. The van der Waals surface area contributed by atoms with E-state index in [0.29, 0.717) is 11.3 Å². The van der Waals surface area contributed by atoms with Crippen molar-refractivity contribution < 1.29 is 9.13 Å². The highest BCUT2D eigenvalue weighted by Gasteiger charge is 2.03. The van der Waals surface area contributed by atoms with Gasteiger partial charge in [-0.2, -0.15) is 0 Å². The molecule has 0 aliphatic rings. The van der Waals surface area contributed by atoms with E-state index in [-0.39, 0.29) is 12.4 Å². The minimum absolute atomic E-state index is 0.210. The molecule has 2 rings (SSSR count). The van der Waals surface area contributed by atoms with Gasteiger partial charge < -0.3 is 10.2 Å². The van der Waals surface area contributed by atoms with Crippen molar-refractivity contribution >= 4 is 5.69 Å². The topological polar surface area (TPSA) is 47.3 Å². The Balaban J connectivity index is 2.07. The molecular formula is C14H15FN2O. The molecule has 0 aromatic heterocycles. The highest BCUT2D eigenvalue weighted by Crippen LogP contribution is 2.21. The second-order valence-electron chi connectivity index (χ2n) is 4.00. The van der Waals surface area contributed by atoms with E-state index >= 15 is 0 Å². The fourth-order valence-corrected chi connectivity index (χ4v) is 1.66. The molecule has 0 fully saturated rings. The van der Waals surface area contributed by atoms with Crippen molar-refractivity contribution in [2.75, 3.05) is 5.43 Å². The molecule has 18 heavy (non-hydrogen) atoms. The van der Waals surface area contributed by atoms with Gasteiger partial charge >= 0.3 is 0 Å². The lowest BCUT2D eigenvalue weighted by Gasteiger charge is -2.10. The summed E-state index contributed by atoms with van der Waals surface area (Å²) in [5.41, 5.74) is 4.94. The van der Waals surface area contributed by atoms with Crippen molar-refractivity contribution in [2.45, 2.75) is 13.5 Å². The van der Waals surface area contributed by atoms with Gasteiger partial charge in [0.25, 0.3) is 0 Å². The minimum Gasteiger partial charge on any atom is -0.489 e. The zero-order chi connectivity index (χ0) is 13.0. The number of halogens is 1. The van der Waals surface area contributed by atoms with E-state index in [1.165, 1.54) is 6.07 Å². The highest BCUT2D eigenvalue weighted by atomic mass is 19.1. The van der Waals surface area contributed by atoms with Crippen LogP contribution in [0.2, 0.25) is 0 Å². The molecule has 0 radical (unpaired) electrons. The Labute approximate surface area is 105 Å². The third-order valence-electron chi connectivity index (χ3n) is 2.71. The molecule has 0 aliphatic carbocycles. The summed E-state index contributed by atoms with van der Waals surface area (Å²) in [7, 11) is 0. The number of aryl methyl sites for hydroxylation is 1. The number of anilines is 1. The number of rotatable bonds is 4. The maximum absolute atomic E-state index is 13.4. The Hall–Kier alpha value is -2.07. The molecule has 0 saturated carbocycles. The summed E-state index contributed by atoms with van der Waals surface area (Å²) in [6.45, 7) is 2.13. The summed E-state index contributed by atoms with van der Waals surface area (Å²) in [6, 6.07) is 12.0. The van der Waals surface area contributed by atoms with Gasteiger partial charge in [-0.05, 0) is 36.8 Å². The van der Waals surface area contributed by atoms with Crippen molar-refractivity contribution in [3.05, 3.63) is 59.4 Å². The van der Waals surface area contributed by atoms with Gasteiger partial charge in [-0.3, -0.25) is 5.84 Å². The van der Waals surface area contributed by atoms with Gasteiger partial charge in [-0.25, -0.2) is 4.39 Å². The molecule has 2 aromatic rings. The number of benzene rings is 2. The van der Waals surface area contributed by atoms with Gasteiger partial charge in [0.2, 0.25) is 0 Å². The molecule has 0 unspecified atom stereocenters. The Kier molecular flexibility index (Phi) is 3.79. The van der Waals surface area contributed by atoms with Gasteiger partial charge in [-0.1, -0.05) is 18.2 Å². The van der Waals surface area contributed by atoms with E-state index in [1.54, 1.807) is 24.3 Å². The molecule has 4 heteroatoms. The van der Waals surface area contributed by atoms with Gasteiger partial charge in [0.05, 0.1) is 5.69 Å². The summed E-state index contributed by atoms with van der Waals surface area (Å²) >= 11 is 0.